The molecular weight excluding hydrogens is 140 g/mol. The predicted octanol–water partition coefficient (Wildman–Crippen LogP) is 2.11. The van der Waals surface area contributed by atoms with Gasteiger partial charge in [0.15, 0.2) is 0 Å². The third-order valence-electron chi connectivity index (χ3n) is 2.25. The second kappa shape index (κ2) is 3.07. The van der Waals surface area contributed by atoms with Crippen LogP contribution in [-0.4, -0.2) is 5.97 Å². The molecule has 0 aromatic carbocycles. The van der Waals surface area contributed by atoms with Gasteiger partial charge in [0.05, 0.1) is 5.92 Å². The van der Waals surface area contributed by atoms with Crippen molar-refractivity contribution in [2.45, 2.75) is 26.7 Å². The highest BCUT2D eigenvalue weighted by Gasteiger charge is 2.35. The van der Waals surface area contributed by atoms with Gasteiger partial charge in [-0.1, -0.05) is 26.8 Å². The smallest absolute Gasteiger partial charge is 0.314 e. The van der Waals surface area contributed by atoms with Crippen LogP contribution in [0, 0.1) is 11.8 Å². The van der Waals surface area contributed by atoms with E-state index in [-0.39, 0.29) is 17.8 Å². The van der Waals surface area contributed by atoms with E-state index in [2.05, 4.69) is 13.5 Å². The molecule has 1 aliphatic rings. The molecule has 11 heavy (non-hydrogen) atoms. The van der Waals surface area contributed by atoms with Gasteiger partial charge in [0.1, 0.15) is 5.76 Å². The Morgan fingerprint density at radius 1 is 1.64 bits per heavy atom. The lowest BCUT2D eigenvalue weighted by Gasteiger charge is -2.07. The number of cyclic esters (lactones) is 1. The van der Waals surface area contributed by atoms with Crippen molar-refractivity contribution < 1.29 is 9.53 Å². The third kappa shape index (κ3) is 1.44. The van der Waals surface area contributed by atoms with Crippen molar-refractivity contribution in [3.05, 3.63) is 12.3 Å². The van der Waals surface area contributed by atoms with E-state index >= 15 is 0 Å². The highest BCUT2D eigenvalue weighted by atomic mass is 16.5. The van der Waals surface area contributed by atoms with Crippen molar-refractivity contribution >= 4 is 5.97 Å². The Morgan fingerprint density at radius 2 is 2.27 bits per heavy atom. The molecule has 2 heteroatoms. The average Bonchev–Trinajstić information content (AvgIpc) is 2.17. The fraction of sp³-hybridized carbons (Fsp3) is 0.667. The van der Waals surface area contributed by atoms with Gasteiger partial charge in [0.25, 0.3) is 0 Å². The van der Waals surface area contributed by atoms with E-state index in [9.17, 15) is 4.79 Å². The summed E-state index contributed by atoms with van der Waals surface area (Å²) in [4.78, 5) is 11.1. The normalized spacial score (nSPS) is 30.7. The highest BCUT2D eigenvalue weighted by Crippen LogP contribution is 2.32. The van der Waals surface area contributed by atoms with Crippen molar-refractivity contribution in [3.8, 4) is 0 Å². The van der Waals surface area contributed by atoms with Gasteiger partial charge in [-0.15, -0.1) is 0 Å². The molecule has 2 atom stereocenters. The fourth-order valence-corrected chi connectivity index (χ4v) is 1.41. The minimum atomic E-state index is -0.0932. The SMILES string of the molecule is C=C1OC(=O)C(CCC)C1C. The zero-order valence-corrected chi connectivity index (χ0v) is 7.09. The van der Waals surface area contributed by atoms with Gasteiger partial charge in [0, 0.05) is 5.92 Å². The molecule has 0 saturated carbocycles. The molecule has 62 valence electrons. The lowest BCUT2D eigenvalue weighted by Crippen LogP contribution is -2.12. The van der Waals surface area contributed by atoms with E-state index in [1.807, 2.05) is 6.92 Å². The summed E-state index contributed by atoms with van der Waals surface area (Å²) in [5.41, 5.74) is 0. The standard InChI is InChI=1S/C9H14O2/c1-4-5-8-6(2)7(3)11-9(8)10/h6,8H,3-5H2,1-2H3. The number of carbonyl (C=O) groups is 1. The van der Waals surface area contributed by atoms with Gasteiger partial charge < -0.3 is 4.74 Å². The number of hydrogen-bond acceptors (Lipinski definition) is 2. The Bertz CT molecular complexity index is 184. The van der Waals surface area contributed by atoms with Crippen LogP contribution in [0.4, 0.5) is 0 Å². The summed E-state index contributed by atoms with van der Waals surface area (Å²) in [6, 6.07) is 0. The van der Waals surface area contributed by atoms with Crippen molar-refractivity contribution in [1.82, 2.24) is 0 Å². The van der Waals surface area contributed by atoms with Gasteiger partial charge in [-0.3, -0.25) is 4.79 Å². The van der Waals surface area contributed by atoms with Crippen LogP contribution >= 0.6 is 0 Å². The molecule has 0 radical (unpaired) electrons. The van der Waals surface area contributed by atoms with Crippen LogP contribution in [0.5, 0.6) is 0 Å². The Balaban J connectivity index is 2.63. The van der Waals surface area contributed by atoms with E-state index in [0.29, 0.717) is 5.76 Å². The average molecular weight is 154 g/mol. The van der Waals surface area contributed by atoms with E-state index in [1.165, 1.54) is 0 Å². The van der Waals surface area contributed by atoms with Gasteiger partial charge in [0.2, 0.25) is 0 Å². The molecular formula is C9H14O2. The molecule has 0 N–H and O–H groups in total. The summed E-state index contributed by atoms with van der Waals surface area (Å²) < 4.78 is 4.91. The predicted molar refractivity (Wildman–Crippen MR) is 42.8 cm³/mol. The molecule has 1 fully saturated rings. The monoisotopic (exact) mass is 154 g/mol. The first-order valence-electron chi connectivity index (χ1n) is 4.07. The van der Waals surface area contributed by atoms with Crippen LogP contribution in [0.15, 0.2) is 12.3 Å². The molecule has 2 unspecified atom stereocenters. The number of ether oxygens (including phenoxy) is 1. The number of esters is 1. The first kappa shape index (κ1) is 8.31. The molecule has 1 rings (SSSR count). The van der Waals surface area contributed by atoms with Crippen molar-refractivity contribution in [3.63, 3.8) is 0 Å². The molecule has 0 bridgehead atoms. The minimum Gasteiger partial charge on any atom is -0.431 e. The molecule has 1 saturated heterocycles. The lowest BCUT2D eigenvalue weighted by molar-refractivity contribution is -0.139. The maximum absolute atomic E-state index is 11.1. The topological polar surface area (TPSA) is 26.3 Å². The molecule has 0 aromatic heterocycles. The quantitative estimate of drug-likeness (QED) is 0.569. The van der Waals surface area contributed by atoms with Gasteiger partial charge in [-0.25, -0.2) is 0 Å². The zero-order valence-electron chi connectivity index (χ0n) is 7.09. The van der Waals surface area contributed by atoms with Crippen LogP contribution in [0.1, 0.15) is 26.7 Å². The number of rotatable bonds is 2. The third-order valence-corrected chi connectivity index (χ3v) is 2.25. The lowest BCUT2D eigenvalue weighted by atomic mass is 9.92. The van der Waals surface area contributed by atoms with Crippen LogP contribution in [0.2, 0.25) is 0 Å². The number of hydrogen-bond donors (Lipinski definition) is 0. The first-order chi connectivity index (χ1) is 5.16. The fourth-order valence-electron chi connectivity index (χ4n) is 1.41. The Labute approximate surface area is 67.2 Å². The number of allylic oxidation sites excluding steroid dienone is 1. The molecule has 0 aliphatic carbocycles. The molecule has 0 amide bonds. The highest BCUT2D eigenvalue weighted by molar-refractivity contribution is 5.77. The van der Waals surface area contributed by atoms with Gasteiger partial charge >= 0.3 is 5.97 Å². The second-order valence-corrected chi connectivity index (χ2v) is 3.07. The number of carbonyl (C=O) groups excluding carboxylic acids is 1. The Hall–Kier alpha value is -0.790. The summed E-state index contributed by atoms with van der Waals surface area (Å²) in [5, 5.41) is 0. The van der Waals surface area contributed by atoms with E-state index < -0.39 is 0 Å². The minimum absolute atomic E-state index is 0.0625. The molecule has 2 nitrogen and oxygen atoms in total. The Kier molecular flexibility index (Phi) is 2.32. The van der Waals surface area contributed by atoms with Gasteiger partial charge in [-0.05, 0) is 6.42 Å². The summed E-state index contributed by atoms with van der Waals surface area (Å²) in [7, 11) is 0. The van der Waals surface area contributed by atoms with Crippen LogP contribution in [-0.2, 0) is 9.53 Å². The summed E-state index contributed by atoms with van der Waals surface area (Å²) in [6.07, 6.45) is 1.94. The molecule has 1 aliphatic heterocycles. The molecule has 0 aromatic rings. The second-order valence-electron chi connectivity index (χ2n) is 3.07. The summed E-state index contributed by atoms with van der Waals surface area (Å²) in [6.45, 7) is 7.74. The summed E-state index contributed by atoms with van der Waals surface area (Å²) >= 11 is 0. The van der Waals surface area contributed by atoms with Crippen molar-refractivity contribution in [2.24, 2.45) is 11.8 Å². The van der Waals surface area contributed by atoms with E-state index in [0.717, 1.165) is 12.8 Å². The Morgan fingerprint density at radius 3 is 2.64 bits per heavy atom. The maximum Gasteiger partial charge on any atom is 0.314 e. The first-order valence-corrected chi connectivity index (χ1v) is 4.07. The molecule has 0 spiro atoms. The van der Waals surface area contributed by atoms with Crippen LogP contribution in [0.3, 0.4) is 0 Å². The van der Waals surface area contributed by atoms with Crippen molar-refractivity contribution in [1.29, 1.82) is 0 Å². The van der Waals surface area contributed by atoms with E-state index in [1.54, 1.807) is 0 Å². The van der Waals surface area contributed by atoms with Gasteiger partial charge in [-0.2, -0.15) is 0 Å². The van der Waals surface area contributed by atoms with Crippen LogP contribution < -0.4 is 0 Å². The largest absolute Gasteiger partial charge is 0.431 e. The van der Waals surface area contributed by atoms with Crippen LogP contribution in [0.25, 0.3) is 0 Å². The maximum atomic E-state index is 11.1. The van der Waals surface area contributed by atoms with E-state index in [4.69, 9.17) is 4.74 Å². The summed E-state index contributed by atoms with van der Waals surface area (Å²) in [5.74, 6) is 0.813. The molecule has 1 heterocycles. The zero-order chi connectivity index (χ0) is 8.43. The van der Waals surface area contributed by atoms with Crippen molar-refractivity contribution in [2.75, 3.05) is 0 Å².